The van der Waals surface area contributed by atoms with E-state index >= 15 is 0 Å². The Morgan fingerprint density at radius 2 is 1.82 bits per heavy atom. The number of H-pyrrole nitrogens is 1. The molecule has 0 amide bonds. The lowest BCUT2D eigenvalue weighted by atomic mass is 10.1. The Morgan fingerprint density at radius 1 is 1.32 bits per heavy atom. The van der Waals surface area contributed by atoms with Gasteiger partial charge in [-0.15, -0.1) is 0 Å². The van der Waals surface area contributed by atoms with Gasteiger partial charge in [0.1, 0.15) is 0 Å². The van der Waals surface area contributed by atoms with Crippen LogP contribution in [0.25, 0.3) is 11.3 Å². The average Bonchev–Trinajstić information content (AvgIpc) is 3.02. The molecule has 0 fully saturated rings. The number of oxazole rings is 1. The van der Waals surface area contributed by atoms with Crippen LogP contribution in [0.1, 0.15) is 26.0 Å². The zero-order valence-corrected chi connectivity index (χ0v) is 15.5. The smallest absolute Gasteiger partial charge is 0.417 e. The summed E-state index contributed by atoms with van der Waals surface area (Å²) in [5, 5.41) is 23.4. The highest BCUT2D eigenvalue weighted by molar-refractivity contribution is 5.89. The molecule has 2 aromatic rings. The van der Waals surface area contributed by atoms with Crippen LogP contribution in [0.4, 0.5) is 0 Å². The van der Waals surface area contributed by atoms with Crippen molar-refractivity contribution in [3.63, 3.8) is 0 Å². The fourth-order valence-corrected chi connectivity index (χ4v) is 1.66. The van der Waals surface area contributed by atoms with Crippen LogP contribution in [0, 0.1) is 11.3 Å². The van der Waals surface area contributed by atoms with Gasteiger partial charge in [0.05, 0.1) is 17.8 Å². The summed E-state index contributed by atoms with van der Waals surface area (Å²) in [5.41, 5.74) is 6.67. The predicted molar refractivity (Wildman–Crippen MR) is 100 cm³/mol. The number of aromatic nitrogens is 2. The standard InChI is InChI=1S/C11H12N2O2.C4H4O4.C3H6N2/c1-2-3-9-10(15-11(14)13-9)8-4-6-12-7-5-8;5-3(6)1-2-4(7)8;1-3(5)2-4/h4-7H,2-3H2,1H3,(H,13,14);1-2H,(H,5,6)(H,7,8);3H,5H2,1H3. The summed E-state index contributed by atoms with van der Waals surface area (Å²) in [7, 11) is 0. The molecule has 0 aromatic carbocycles. The van der Waals surface area contributed by atoms with Crippen molar-refractivity contribution in [2.75, 3.05) is 0 Å². The Labute approximate surface area is 160 Å². The summed E-state index contributed by atoms with van der Waals surface area (Å²) in [6.45, 7) is 3.70. The van der Waals surface area contributed by atoms with Crippen molar-refractivity contribution in [1.29, 1.82) is 5.26 Å². The van der Waals surface area contributed by atoms with Crippen molar-refractivity contribution >= 4 is 11.9 Å². The first kappa shape index (κ1) is 24.3. The summed E-state index contributed by atoms with van der Waals surface area (Å²) in [6.07, 6.45) is 6.25. The molecule has 1 atom stereocenters. The quantitative estimate of drug-likeness (QED) is 0.550. The van der Waals surface area contributed by atoms with Crippen molar-refractivity contribution in [3.8, 4) is 17.4 Å². The maximum atomic E-state index is 11.1. The molecule has 150 valence electrons. The molecule has 0 spiro atoms. The van der Waals surface area contributed by atoms with E-state index in [2.05, 4.69) is 16.9 Å². The molecule has 2 aromatic heterocycles. The summed E-state index contributed by atoms with van der Waals surface area (Å²) in [5.74, 6) is -2.28. The number of nitrogens with two attached hydrogens (primary N) is 1. The van der Waals surface area contributed by atoms with E-state index in [1.807, 2.05) is 12.1 Å². The summed E-state index contributed by atoms with van der Waals surface area (Å²) >= 11 is 0. The monoisotopic (exact) mass is 390 g/mol. The molecule has 0 saturated heterocycles. The predicted octanol–water partition coefficient (Wildman–Crippen LogP) is 1.55. The van der Waals surface area contributed by atoms with Crippen molar-refractivity contribution < 1.29 is 24.2 Å². The van der Waals surface area contributed by atoms with Crippen LogP contribution in [-0.4, -0.2) is 38.2 Å². The van der Waals surface area contributed by atoms with E-state index in [-0.39, 0.29) is 6.04 Å². The van der Waals surface area contributed by atoms with Gasteiger partial charge in [-0.25, -0.2) is 14.4 Å². The number of carboxylic acid groups (broad SMARTS) is 2. The number of aromatic amines is 1. The Morgan fingerprint density at radius 3 is 2.21 bits per heavy atom. The minimum Gasteiger partial charge on any atom is -0.478 e. The number of carboxylic acids is 2. The third-order valence-electron chi connectivity index (χ3n) is 2.74. The Bertz CT molecular complexity index is 846. The van der Waals surface area contributed by atoms with Gasteiger partial charge in [-0.1, -0.05) is 13.3 Å². The van der Waals surface area contributed by atoms with Gasteiger partial charge < -0.3 is 20.4 Å². The molecule has 1 unspecified atom stereocenters. The topological polar surface area (TPSA) is 183 Å². The number of hydrogen-bond acceptors (Lipinski definition) is 7. The van der Waals surface area contributed by atoms with Gasteiger partial charge in [0.25, 0.3) is 0 Å². The maximum absolute atomic E-state index is 11.1. The van der Waals surface area contributed by atoms with Gasteiger partial charge in [-0.3, -0.25) is 9.97 Å². The van der Waals surface area contributed by atoms with Crippen molar-refractivity contribution in [2.45, 2.75) is 32.7 Å². The van der Waals surface area contributed by atoms with Crippen LogP contribution in [-0.2, 0) is 16.0 Å². The van der Waals surface area contributed by atoms with Crippen LogP contribution in [0.2, 0.25) is 0 Å². The van der Waals surface area contributed by atoms with E-state index in [9.17, 15) is 14.4 Å². The number of pyridine rings is 1. The molecule has 0 aliphatic carbocycles. The molecule has 0 bridgehead atoms. The number of rotatable bonds is 5. The van der Waals surface area contributed by atoms with Crippen LogP contribution in [0.3, 0.4) is 0 Å². The number of hydrogen-bond donors (Lipinski definition) is 4. The molecule has 0 aliphatic rings. The first-order chi connectivity index (χ1) is 13.2. The second kappa shape index (κ2) is 13.5. The summed E-state index contributed by atoms with van der Waals surface area (Å²) < 4.78 is 5.11. The number of aryl methyl sites for hydroxylation is 1. The molecule has 10 nitrogen and oxygen atoms in total. The SMILES string of the molecule is CC(N)C#N.CCCc1[nH]c(=O)oc1-c1ccncc1.O=C(O)C=CC(=O)O. The Hall–Kier alpha value is -3.71. The molecule has 0 aliphatic heterocycles. The lowest BCUT2D eigenvalue weighted by Crippen LogP contribution is -2.09. The third kappa shape index (κ3) is 11.0. The number of aliphatic carboxylic acids is 2. The van der Waals surface area contributed by atoms with E-state index < -0.39 is 17.7 Å². The molecular formula is C18H22N4O6. The summed E-state index contributed by atoms with van der Waals surface area (Å²) in [6, 6.07) is 5.14. The second-order valence-electron chi connectivity index (χ2n) is 5.24. The Kier molecular flexibility index (Phi) is 11.7. The zero-order valence-electron chi connectivity index (χ0n) is 15.5. The van der Waals surface area contributed by atoms with Crippen molar-refractivity contribution in [3.05, 3.63) is 52.9 Å². The lowest BCUT2D eigenvalue weighted by molar-refractivity contribution is -0.134. The number of nitrogens with one attached hydrogen (secondary N) is 1. The minimum atomic E-state index is -1.26. The number of carbonyl (C=O) groups is 2. The average molecular weight is 390 g/mol. The second-order valence-corrected chi connectivity index (χ2v) is 5.24. The maximum Gasteiger partial charge on any atom is 0.417 e. The molecule has 2 heterocycles. The molecule has 0 saturated carbocycles. The number of nitrogens with zero attached hydrogens (tertiary/aromatic N) is 2. The fraction of sp³-hybridized carbons (Fsp3) is 0.278. The highest BCUT2D eigenvalue weighted by Gasteiger charge is 2.10. The fourth-order valence-electron chi connectivity index (χ4n) is 1.66. The van der Waals surface area contributed by atoms with E-state index in [4.69, 9.17) is 25.6 Å². The molecule has 0 radical (unpaired) electrons. The highest BCUT2D eigenvalue weighted by atomic mass is 16.4. The van der Waals surface area contributed by atoms with E-state index in [0.29, 0.717) is 17.9 Å². The van der Waals surface area contributed by atoms with Gasteiger partial charge in [0.2, 0.25) is 0 Å². The van der Waals surface area contributed by atoms with Crippen molar-refractivity contribution in [2.24, 2.45) is 5.73 Å². The molecule has 2 rings (SSSR count). The minimum absolute atomic E-state index is 0.310. The van der Waals surface area contributed by atoms with Gasteiger partial charge in [-0.2, -0.15) is 5.26 Å². The first-order valence-corrected chi connectivity index (χ1v) is 8.12. The largest absolute Gasteiger partial charge is 0.478 e. The highest BCUT2D eigenvalue weighted by Crippen LogP contribution is 2.21. The van der Waals surface area contributed by atoms with Crippen LogP contribution < -0.4 is 11.5 Å². The van der Waals surface area contributed by atoms with Gasteiger partial charge in [0, 0.05) is 30.1 Å². The van der Waals surface area contributed by atoms with Crippen molar-refractivity contribution in [1.82, 2.24) is 9.97 Å². The molecular weight excluding hydrogens is 368 g/mol. The van der Waals surface area contributed by atoms with E-state index in [0.717, 1.165) is 24.1 Å². The zero-order chi connectivity index (χ0) is 21.5. The molecule has 28 heavy (non-hydrogen) atoms. The van der Waals surface area contributed by atoms with E-state index in [1.165, 1.54) is 0 Å². The first-order valence-electron chi connectivity index (χ1n) is 8.12. The Balaban J connectivity index is 0.000000474. The lowest BCUT2D eigenvalue weighted by Gasteiger charge is -1.98. The van der Waals surface area contributed by atoms with Gasteiger partial charge >= 0.3 is 17.7 Å². The van der Waals surface area contributed by atoms with Gasteiger partial charge in [0.15, 0.2) is 5.76 Å². The van der Waals surface area contributed by atoms with Crippen LogP contribution >= 0.6 is 0 Å². The van der Waals surface area contributed by atoms with E-state index in [1.54, 1.807) is 25.4 Å². The van der Waals surface area contributed by atoms with Crippen LogP contribution in [0.15, 0.2) is 45.9 Å². The number of nitriles is 1. The van der Waals surface area contributed by atoms with Gasteiger partial charge in [-0.05, 0) is 25.5 Å². The third-order valence-corrected chi connectivity index (χ3v) is 2.74. The molecule has 10 heteroatoms. The normalized spacial score (nSPS) is 10.6. The van der Waals surface area contributed by atoms with Crippen LogP contribution in [0.5, 0.6) is 0 Å². The summed E-state index contributed by atoms with van der Waals surface area (Å²) in [4.78, 5) is 36.9. The molecule has 5 N–H and O–H groups in total.